The molecule has 0 aliphatic rings. The van der Waals surface area contributed by atoms with E-state index in [1.165, 1.54) is 45.2 Å². The molecule has 1 unspecified atom stereocenters. The maximum absolute atomic E-state index is 3.18. The molecular formula is C12H28N2. The van der Waals surface area contributed by atoms with Gasteiger partial charge in [0.2, 0.25) is 0 Å². The van der Waals surface area contributed by atoms with Gasteiger partial charge in [0.05, 0.1) is 0 Å². The van der Waals surface area contributed by atoms with E-state index < -0.39 is 0 Å². The molecule has 0 aromatic rings. The van der Waals surface area contributed by atoms with Gasteiger partial charge >= 0.3 is 0 Å². The van der Waals surface area contributed by atoms with Crippen LogP contribution in [0.1, 0.15) is 46.0 Å². The molecule has 0 bridgehead atoms. The van der Waals surface area contributed by atoms with Gasteiger partial charge in [0.15, 0.2) is 0 Å². The van der Waals surface area contributed by atoms with Gasteiger partial charge in [-0.3, -0.25) is 0 Å². The molecule has 0 aromatic carbocycles. The number of nitrogens with one attached hydrogen (secondary N) is 1. The summed E-state index contributed by atoms with van der Waals surface area (Å²) in [5.41, 5.74) is 0. The summed E-state index contributed by atoms with van der Waals surface area (Å²) in [6.07, 6.45) is 6.68. The molecule has 0 radical (unpaired) electrons. The molecule has 0 saturated heterocycles. The van der Waals surface area contributed by atoms with Crippen LogP contribution in [0.2, 0.25) is 0 Å². The molecule has 0 aliphatic carbocycles. The molecule has 0 saturated carbocycles. The summed E-state index contributed by atoms with van der Waals surface area (Å²) in [5.74, 6) is 0. The molecule has 1 N–H and O–H groups in total. The molecule has 0 aliphatic heterocycles. The smallest absolute Gasteiger partial charge is 0.00612 e. The van der Waals surface area contributed by atoms with Crippen molar-refractivity contribution in [2.45, 2.75) is 52.0 Å². The van der Waals surface area contributed by atoms with Gasteiger partial charge < -0.3 is 10.2 Å². The van der Waals surface area contributed by atoms with Crippen LogP contribution in [-0.2, 0) is 0 Å². The second kappa shape index (κ2) is 9.47. The fraction of sp³-hybridized carbons (Fsp3) is 1.00. The van der Waals surface area contributed by atoms with E-state index in [0.29, 0.717) is 0 Å². The zero-order valence-electron chi connectivity index (χ0n) is 10.5. The Hall–Kier alpha value is -0.0800. The van der Waals surface area contributed by atoms with E-state index in [1.54, 1.807) is 0 Å². The van der Waals surface area contributed by atoms with E-state index in [2.05, 4.69) is 31.1 Å². The highest BCUT2D eigenvalue weighted by atomic mass is 15.1. The molecule has 2 heteroatoms. The normalized spacial score (nSPS) is 13.5. The van der Waals surface area contributed by atoms with Crippen molar-refractivity contribution in [2.75, 3.05) is 27.2 Å². The fourth-order valence-electron chi connectivity index (χ4n) is 1.55. The average Bonchev–Trinajstić information content (AvgIpc) is 2.21. The minimum atomic E-state index is 0.743. The predicted octanol–water partition coefficient (Wildman–Crippen LogP) is 2.50. The maximum atomic E-state index is 3.18. The number of unbranched alkanes of at least 4 members (excludes halogenated alkanes) is 3. The first kappa shape index (κ1) is 13.9. The van der Waals surface area contributed by atoms with Gasteiger partial charge in [-0.2, -0.15) is 0 Å². The lowest BCUT2D eigenvalue weighted by Gasteiger charge is -2.23. The SMILES string of the molecule is CCC(C)N(C)CCCCCCNC. The zero-order valence-corrected chi connectivity index (χ0v) is 10.5. The third-order valence-electron chi connectivity index (χ3n) is 3.03. The highest BCUT2D eigenvalue weighted by Crippen LogP contribution is 2.04. The van der Waals surface area contributed by atoms with Crippen LogP contribution >= 0.6 is 0 Å². The molecule has 86 valence electrons. The fourth-order valence-corrected chi connectivity index (χ4v) is 1.55. The molecule has 2 nitrogen and oxygen atoms in total. The highest BCUT2D eigenvalue weighted by Gasteiger charge is 2.04. The summed E-state index contributed by atoms with van der Waals surface area (Å²) in [5, 5.41) is 3.18. The largest absolute Gasteiger partial charge is 0.320 e. The van der Waals surface area contributed by atoms with E-state index in [4.69, 9.17) is 0 Å². The van der Waals surface area contributed by atoms with Crippen molar-refractivity contribution in [2.24, 2.45) is 0 Å². The van der Waals surface area contributed by atoms with Crippen LogP contribution in [0.4, 0.5) is 0 Å². The van der Waals surface area contributed by atoms with Crippen LogP contribution in [0, 0.1) is 0 Å². The summed E-state index contributed by atoms with van der Waals surface area (Å²) >= 11 is 0. The molecule has 14 heavy (non-hydrogen) atoms. The topological polar surface area (TPSA) is 15.3 Å². The third kappa shape index (κ3) is 7.34. The second-order valence-corrected chi connectivity index (χ2v) is 4.26. The van der Waals surface area contributed by atoms with Crippen molar-refractivity contribution in [1.29, 1.82) is 0 Å². The first-order valence-electron chi connectivity index (χ1n) is 6.07. The molecule has 0 spiro atoms. The van der Waals surface area contributed by atoms with Crippen molar-refractivity contribution in [1.82, 2.24) is 10.2 Å². The molecule has 0 heterocycles. The Morgan fingerprint density at radius 3 is 2.36 bits per heavy atom. The van der Waals surface area contributed by atoms with Gasteiger partial charge in [-0.25, -0.2) is 0 Å². The minimum absolute atomic E-state index is 0.743. The van der Waals surface area contributed by atoms with Crippen LogP contribution in [0.15, 0.2) is 0 Å². The standard InChI is InChI=1S/C12H28N2/c1-5-12(2)14(4)11-9-7-6-8-10-13-3/h12-13H,5-11H2,1-4H3. The van der Waals surface area contributed by atoms with Crippen LogP contribution in [0.25, 0.3) is 0 Å². The quantitative estimate of drug-likeness (QED) is 0.575. The van der Waals surface area contributed by atoms with Crippen molar-refractivity contribution in [3.8, 4) is 0 Å². The molecular weight excluding hydrogens is 172 g/mol. The predicted molar refractivity (Wildman–Crippen MR) is 64.8 cm³/mol. The van der Waals surface area contributed by atoms with Crippen LogP contribution in [0.5, 0.6) is 0 Å². The van der Waals surface area contributed by atoms with Crippen molar-refractivity contribution < 1.29 is 0 Å². The summed E-state index contributed by atoms with van der Waals surface area (Å²) in [6, 6.07) is 0.743. The van der Waals surface area contributed by atoms with Crippen molar-refractivity contribution in [3.63, 3.8) is 0 Å². The Labute approximate surface area is 90.1 Å². The van der Waals surface area contributed by atoms with Gasteiger partial charge in [0, 0.05) is 6.04 Å². The number of nitrogens with zero attached hydrogens (tertiary/aromatic N) is 1. The lowest BCUT2D eigenvalue weighted by Crippen LogP contribution is -2.29. The summed E-state index contributed by atoms with van der Waals surface area (Å²) in [4.78, 5) is 2.47. The van der Waals surface area contributed by atoms with E-state index in [-0.39, 0.29) is 0 Å². The van der Waals surface area contributed by atoms with Crippen LogP contribution in [0.3, 0.4) is 0 Å². The Balaban J connectivity index is 3.18. The molecule has 1 atom stereocenters. The van der Waals surface area contributed by atoms with Crippen LogP contribution in [-0.4, -0.2) is 38.1 Å². The van der Waals surface area contributed by atoms with Gasteiger partial charge in [-0.15, -0.1) is 0 Å². The monoisotopic (exact) mass is 200 g/mol. The zero-order chi connectivity index (χ0) is 10.8. The Kier molecular flexibility index (Phi) is 9.42. The van der Waals surface area contributed by atoms with E-state index in [1.807, 2.05) is 7.05 Å². The number of hydrogen-bond donors (Lipinski definition) is 1. The summed E-state index contributed by atoms with van der Waals surface area (Å²) in [6.45, 7) is 6.99. The minimum Gasteiger partial charge on any atom is -0.320 e. The van der Waals surface area contributed by atoms with Gasteiger partial charge in [0.1, 0.15) is 0 Å². The highest BCUT2D eigenvalue weighted by molar-refractivity contribution is 4.60. The summed E-state index contributed by atoms with van der Waals surface area (Å²) in [7, 11) is 4.26. The average molecular weight is 200 g/mol. The Morgan fingerprint density at radius 2 is 1.79 bits per heavy atom. The molecule has 0 fully saturated rings. The number of rotatable bonds is 9. The second-order valence-electron chi connectivity index (χ2n) is 4.26. The van der Waals surface area contributed by atoms with Gasteiger partial charge in [-0.05, 0) is 53.4 Å². The summed E-state index contributed by atoms with van der Waals surface area (Å²) < 4.78 is 0. The van der Waals surface area contributed by atoms with Crippen molar-refractivity contribution in [3.05, 3.63) is 0 Å². The van der Waals surface area contributed by atoms with E-state index in [9.17, 15) is 0 Å². The van der Waals surface area contributed by atoms with Gasteiger partial charge in [-0.1, -0.05) is 19.8 Å². The first-order chi connectivity index (χ1) is 6.72. The maximum Gasteiger partial charge on any atom is 0.00612 e. The Bertz CT molecular complexity index is 115. The van der Waals surface area contributed by atoms with Gasteiger partial charge in [0.25, 0.3) is 0 Å². The first-order valence-corrected chi connectivity index (χ1v) is 6.07. The van der Waals surface area contributed by atoms with E-state index in [0.717, 1.165) is 6.04 Å². The van der Waals surface area contributed by atoms with E-state index >= 15 is 0 Å². The van der Waals surface area contributed by atoms with Crippen molar-refractivity contribution >= 4 is 0 Å². The lowest BCUT2D eigenvalue weighted by molar-refractivity contribution is 0.246. The third-order valence-corrected chi connectivity index (χ3v) is 3.03. The lowest BCUT2D eigenvalue weighted by atomic mass is 10.1. The molecule has 0 aromatic heterocycles. The Morgan fingerprint density at radius 1 is 1.14 bits per heavy atom. The molecule has 0 amide bonds. The van der Waals surface area contributed by atoms with Crippen LogP contribution < -0.4 is 5.32 Å². The molecule has 0 rings (SSSR count). The number of hydrogen-bond acceptors (Lipinski definition) is 2.